The van der Waals surface area contributed by atoms with Gasteiger partial charge in [0.15, 0.2) is 0 Å². The van der Waals surface area contributed by atoms with Crippen LogP contribution < -0.4 is 10.2 Å². The largest absolute Gasteiger partial charge is 0.395 e. The summed E-state index contributed by atoms with van der Waals surface area (Å²) in [6.07, 6.45) is 1.85. The number of aromatic nitrogens is 2. The maximum absolute atomic E-state index is 8.61. The predicted octanol–water partition coefficient (Wildman–Crippen LogP) is -0.432. The van der Waals surface area contributed by atoms with E-state index in [2.05, 4.69) is 10.3 Å². The number of aliphatic hydroxyl groups is 1. The van der Waals surface area contributed by atoms with Gasteiger partial charge in [0.2, 0.25) is 5.95 Å². The van der Waals surface area contributed by atoms with Crippen LogP contribution in [-0.4, -0.2) is 41.9 Å². The molecule has 0 unspecified atom stereocenters. The van der Waals surface area contributed by atoms with Crippen LogP contribution in [0.25, 0.3) is 0 Å². The lowest BCUT2D eigenvalue weighted by Crippen LogP contribution is -2.20. The molecule has 1 heterocycles. The van der Waals surface area contributed by atoms with Crippen molar-refractivity contribution in [1.29, 1.82) is 0 Å². The van der Waals surface area contributed by atoms with E-state index in [1.807, 2.05) is 36.8 Å². The molecule has 1 aromatic heterocycles. The molecule has 0 aliphatic carbocycles. The summed E-state index contributed by atoms with van der Waals surface area (Å²) in [5.41, 5.74) is 1.11. The summed E-state index contributed by atoms with van der Waals surface area (Å²) in [6, 6.07) is 0. The number of imidazole rings is 1. The van der Waals surface area contributed by atoms with Crippen LogP contribution in [0.4, 0.5) is 5.95 Å². The minimum absolute atomic E-state index is 0.165. The summed E-state index contributed by atoms with van der Waals surface area (Å²) in [6.45, 7) is 1.51. The number of rotatable bonds is 5. The van der Waals surface area contributed by atoms with E-state index >= 15 is 0 Å². The van der Waals surface area contributed by atoms with Gasteiger partial charge in [-0.05, 0) is 0 Å². The predicted molar refractivity (Wildman–Crippen MR) is 56.3 cm³/mol. The van der Waals surface area contributed by atoms with Gasteiger partial charge >= 0.3 is 0 Å². The molecule has 0 aliphatic heterocycles. The van der Waals surface area contributed by atoms with Gasteiger partial charge in [0.25, 0.3) is 0 Å². The van der Waals surface area contributed by atoms with E-state index in [1.165, 1.54) is 0 Å². The molecule has 5 heteroatoms. The fraction of sp³-hybridized carbons (Fsp3) is 0.667. The second kappa shape index (κ2) is 4.97. The topological polar surface area (TPSA) is 53.3 Å². The van der Waals surface area contributed by atoms with Gasteiger partial charge in [0.05, 0.1) is 18.5 Å². The molecule has 0 saturated carbocycles. The zero-order chi connectivity index (χ0) is 10.6. The third-order valence-electron chi connectivity index (χ3n) is 2.05. The summed E-state index contributed by atoms with van der Waals surface area (Å²) >= 11 is 0. The van der Waals surface area contributed by atoms with E-state index in [1.54, 1.807) is 0 Å². The average Bonchev–Trinajstić information content (AvgIpc) is 2.48. The number of nitrogens with one attached hydrogen (secondary N) is 1. The van der Waals surface area contributed by atoms with Crippen molar-refractivity contribution in [2.24, 2.45) is 7.05 Å². The summed E-state index contributed by atoms with van der Waals surface area (Å²) in [4.78, 5) is 6.25. The molecule has 14 heavy (non-hydrogen) atoms. The fourth-order valence-electron chi connectivity index (χ4n) is 1.31. The summed E-state index contributed by atoms with van der Waals surface area (Å²) in [5, 5.41) is 11.7. The number of hydrogen-bond donors (Lipinski definition) is 2. The van der Waals surface area contributed by atoms with Crippen LogP contribution in [0.5, 0.6) is 0 Å². The Morgan fingerprint density at radius 3 is 2.79 bits per heavy atom. The highest BCUT2D eigenvalue weighted by molar-refractivity contribution is 5.30. The molecule has 0 atom stereocenters. The molecule has 0 amide bonds. The maximum Gasteiger partial charge on any atom is 0.204 e. The summed E-state index contributed by atoms with van der Waals surface area (Å²) in [5.74, 6) is 0.936. The number of aliphatic hydroxyl groups excluding tert-OH is 1. The quantitative estimate of drug-likeness (QED) is 0.630. The first-order chi connectivity index (χ1) is 6.66. The lowest BCUT2D eigenvalue weighted by molar-refractivity contribution is 0.291. The van der Waals surface area contributed by atoms with E-state index in [9.17, 15) is 0 Å². The van der Waals surface area contributed by atoms with Crippen molar-refractivity contribution in [3.63, 3.8) is 0 Å². The van der Waals surface area contributed by atoms with Gasteiger partial charge in [-0.1, -0.05) is 0 Å². The fourth-order valence-corrected chi connectivity index (χ4v) is 1.31. The molecule has 0 aromatic carbocycles. The lowest BCUT2D eigenvalue weighted by atomic mass is 10.4. The van der Waals surface area contributed by atoms with Crippen molar-refractivity contribution in [2.75, 3.05) is 32.1 Å². The second-order valence-corrected chi connectivity index (χ2v) is 3.40. The van der Waals surface area contributed by atoms with Crippen molar-refractivity contribution in [2.45, 2.75) is 6.54 Å². The monoisotopic (exact) mass is 198 g/mol. The molecular formula is C9H18N4O. The van der Waals surface area contributed by atoms with Crippen molar-refractivity contribution in [3.05, 3.63) is 11.9 Å². The van der Waals surface area contributed by atoms with Gasteiger partial charge in [-0.15, -0.1) is 0 Å². The van der Waals surface area contributed by atoms with Crippen molar-refractivity contribution in [3.8, 4) is 0 Å². The number of nitrogens with zero attached hydrogens (tertiary/aromatic N) is 3. The van der Waals surface area contributed by atoms with E-state index < -0.39 is 0 Å². The van der Waals surface area contributed by atoms with Crippen molar-refractivity contribution >= 4 is 5.95 Å². The van der Waals surface area contributed by atoms with Gasteiger partial charge in [0.1, 0.15) is 0 Å². The Bertz CT molecular complexity index is 282. The molecule has 0 radical (unpaired) electrons. The third-order valence-corrected chi connectivity index (χ3v) is 2.05. The van der Waals surface area contributed by atoms with Crippen molar-refractivity contribution in [1.82, 2.24) is 14.9 Å². The molecule has 2 N–H and O–H groups in total. The molecule has 5 nitrogen and oxygen atoms in total. The van der Waals surface area contributed by atoms with E-state index in [0.717, 1.165) is 18.2 Å². The molecule has 0 bridgehead atoms. The van der Waals surface area contributed by atoms with Gasteiger partial charge in [0, 0.05) is 34.2 Å². The Morgan fingerprint density at radius 2 is 2.29 bits per heavy atom. The smallest absolute Gasteiger partial charge is 0.204 e. The van der Waals surface area contributed by atoms with Gasteiger partial charge < -0.3 is 19.9 Å². The lowest BCUT2D eigenvalue weighted by Gasteiger charge is -2.12. The van der Waals surface area contributed by atoms with Crippen LogP contribution in [0.15, 0.2) is 6.20 Å². The highest BCUT2D eigenvalue weighted by atomic mass is 16.3. The normalized spacial score (nSPS) is 10.6. The first-order valence-corrected chi connectivity index (χ1v) is 4.66. The second-order valence-electron chi connectivity index (χ2n) is 3.40. The van der Waals surface area contributed by atoms with E-state index in [4.69, 9.17) is 5.11 Å². The van der Waals surface area contributed by atoms with Gasteiger partial charge in [-0.3, -0.25) is 0 Å². The number of anilines is 1. The molecule has 0 aliphatic rings. The molecular weight excluding hydrogens is 180 g/mol. The molecule has 80 valence electrons. The van der Waals surface area contributed by atoms with Crippen LogP contribution in [0.2, 0.25) is 0 Å². The molecule has 1 rings (SSSR count). The van der Waals surface area contributed by atoms with Crippen LogP contribution in [-0.2, 0) is 13.6 Å². The van der Waals surface area contributed by atoms with E-state index in [0.29, 0.717) is 6.54 Å². The molecule has 0 spiro atoms. The summed E-state index contributed by atoms with van der Waals surface area (Å²) in [7, 11) is 5.92. The zero-order valence-corrected chi connectivity index (χ0v) is 8.99. The minimum atomic E-state index is 0.165. The van der Waals surface area contributed by atoms with Gasteiger partial charge in [-0.25, -0.2) is 4.98 Å². The standard InChI is InChI=1S/C9H18N4O/c1-12(2)9-11-7-8(13(9)3)6-10-4-5-14/h7,10,14H,4-6H2,1-3H3. The average molecular weight is 198 g/mol. The molecule has 0 saturated heterocycles. The number of hydrogen-bond acceptors (Lipinski definition) is 4. The Balaban J connectivity index is 2.60. The van der Waals surface area contributed by atoms with E-state index in [-0.39, 0.29) is 6.61 Å². The molecule has 1 aromatic rings. The van der Waals surface area contributed by atoms with Crippen LogP contribution in [0.3, 0.4) is 0 Å². The minimum Gasteiger partial charge on any atom is -0.395 e. The molecule has 0 fully saturated rings. The first kappa shape index (κ1) is 11.0. The summed E-state index contributed by atoms with van der Waals surface area (Å²) < 4.78 is 2.03. The highest BCUT2D eigenvalue weighted by Crippen LogP contribution is 2.10. The van der Waals surface area contributed by atoms with Crippen molar-refractivity contribution < 1.29 is 5.11 Å². The maximum atomic E-state index is 8.61. The van der Waals surface area contributed by atoms with Crippen LogP contribution >= 0.6 is 0 Å². The third kappa shape index (κ3) is 2.46. The highest BCUT2D eigenvalue weighted by Gasteiger charge is 2.06. The first-order valence-electron chi connectivity index (χ1n) is 4.66. The van der Waals surface area contributed by atoms with Crippen LogP contribution in [0, 0.1) is 0 Å². The van der Waals surface area contributed by atoms with Crippen LogP contribution in [0.1, 0.15) is 5.69 Å². The Kier molecular flexibility index (Phi) is 3.91. The Morgan fingerprint density at radius 1 is 1.57 bits per heavy atom. The Labute approximate surface area is 84.4 Å². The van der Waals surface area contributed by atoms with Gasteiger partial charge in [-0.2, -0.15) is 0 Å². The Hall–Kier alpha value is -1.07. The SMILES string of the molecule is CN(C)c1ncc(CNCCO)n1C. The zero-order valence-electron chi connectivity index (χ0n) is 8.99.